The number of aromatic carboxylic acids is 1. The van der Waals surface area contributed by atoms with Crippen molar-refractivity contribution in [3.05, 3.63) is 59.2 Å². The van der Waals surface area contributed by atoms with Crippen LogP contribution in [0.3, 0.4) is 0 Å². The molecule has 2 aromatic rings. The molecule has 2 rings (SSSR count). The molecule has 0 bridgehead atoms. The number of rotatable bonds is 2. The molecule has 2 heteroatoms. The summed E-state index contributed by atoms with van der Waals surface area (Å²) in [6.07, 6.45) is 0. The van der Waals surface area contributed by atoms with E-state index in [1.165, 1.54) is 0 Å². The molecule has 0 saturated heterocycles. The number of aryl methyl sites for hydroxylation is 2. The highest BCUT2D eigenvalue weighted by molar-refractivity contribution is 5.96. The van der Waals surface area contributed by atoms with Crippen molar-refractivity contribution < 1.29 is 9.90 Å². The minimum Gasteiger partial charge on any atom is -0.478 e. The van der Waals surface area contributed by atoms with Gasteiger partial charge in [-0.25, -0.2) is 4.79 Å². The Bertz CT molecular complexity index is 571. The Morgan fingerprint density at radius 3 is 2.35 bits per heavy atom. The van der Waals surface area contributed by atoms with Gasteiger partial charge in [0.15, 0.2) is 0 Å². The lowest BCUT2D eigenvalue weighted by Gasteiger charge is -2.10. The molecule has 0 aromatic heterocycles. The molecule has 2 nitrogen and oxygen atoms in total. The van der Waals surface area contributed by atoms with E-state index in [0.29, 0.717) is 5.56 Å². The van der Waals surface area contributed by atoms with Crippen molar-refractivity contribution in [2.24, 2.45) is 0 Å². The van der Waals surface area contributed by atoms with Crippen molar-refractivity contribution in [3.8, 4) is 11.1 Å². The van der Waals surface area contributed by atoms with Gasteiger partial charge in [-0.05, 0) is 36.6 Å². The Morgan fingerprint density at radius 1 is 1.00 bits per heavy atom. The summed E-state index contributed by atoms with van der Waals surface area (Å²) in [5, 5.41) is 9.21. The first kappa shape index (κ1) is 11.4. The molecule has 0 aliphatic carbocycles. The van der Waals surface area contributed by atoms with Crippen LogP contribution in [0.4, 0.5) is 0 Å². The topological polar surface area (TPSA) is 37.3 Å². The van der Waals surface area contributed by atoms with Crippen LogP contribution in [0, 0.1) is 13.8 Å². The third kappa shape index (κ3) is 2.21. The van der Waals surface area contributed by atoms with Crippen molar-refractivity contribution in [3.63, 3.8) is 0 Å². The number of hydrogen-bond acceptors (Lipinski definition) is 1. The second-order valence-corrected chi connectivity index (χ2v) is 4.17. The predicted octanol–water partition coefficient (Wildman–Crippen LogP) is 3.67. The summed E-state index contributed by atoms with van der Waals surface area (Å²) < 4.78 is 0. The van der Waals surface area contributed by atoms with Crippen molar-refractivity contribution >= 4 is 5.97 Å². The lowest BCUT2D eigenvalue weighted by Crippen LogP contribution is -2.00. The van der Waals surface area contributed by atoms with Crippen LogP contribution in [0.15, 0.2) is 42.5 Å². The largest absolute Gasteiger partial charge is 0.478 e. The zero-order valence-electron chi connectivity index (χ0n) is 9.90. The SMILES string of the molecule is Cc1ccc(C(=O)O)c(-c2ccccc2C)c1. The molecular formula is C15H14O2. The Hall–Kier alpha value is -2.09. The summed E-state index contributed by atoms with van der Waals surface area (Å²) in [6, 6.07) is 13.2. The quantitative estimate of drug-likeness (QED) is 0.848. The average molecular weight is 226 g/mol. The van der Waals surface area contributed by atoms with Crippen LogP contribution in [0.25, 0.3) is 11.1 Å². The maximum Gasteiger partial charge on any atom is 0.336 e. The highest BCUT2D eigenvalue weighted by Gasteiger charge is 2.12. The maximum atomic E-state index is 11.2. The Morgan fingerprint density at radius 2 is 1.71 bits per heavy atom. The van der Waals surface area contributed by atoms with Crippen LogP contribution in [-0.2, 0) is 0 Å². The van der Waals surface area contributed by atoms with Gasteiger partial charge in [0, 0.05) is 0 Å². The minimum atomic E-state index is -0.886. The number of benzene rings is 2. The van der Waals surface area contributed by atoms with Gasteiger partial charge in [-0.2, -0.15) is 0 Å². The van der Waals surface area contributed by atoms with Gasteiger partial charge in [-0.1, -0.05) is 42.0 Å². The van der Waals surface area contributed by atoms with Crippen molar-refractivity contribution in [1.29, 1.82) is 0 Å². The van der Waals surface area contributed by atoms with E-state index in [1.807, 2.05) is 50.2 Å². The highest BCUT2D eigenvalue weighted by Crippen LogP contribution is 2.27. The normalized spacial score (nSPS) is 10.2. The summed E-state index contributed by atoms with van der Waals surface area (Å²) in [6.45, 7) is 3.96. The Balaban J connectivity index is 2.70. The molecule has 86 valence electrons. The standard InChI is InChI=1S/C15H14O2/c1-10-7-8-13(15(16)17)14(9-10)12-6-4-3-5-11(12)2/h3-9H,1-2H3,(H,16,17). The molecule has 0 spiro atoms. The van der Waals surface area contributed by atoms with E-state index < -0.39 is 5.97 Å². The van der Waals surface area contributed by atoms with Crippen LogP contribution in [-0.4, -0.2) is 11.1 Å². The van der Waals surface area contributed by atoms with Crippen LogP contribution >= 0.6 is 0 Å². The van der Waals surface area contributed by atoms with Crippen molar-refractivity contribution in [2.45, 2.75) is 13.8 Å². The molecule has 0 atom stereocenters. The van der Waals surface area contributed by atoms with E-state index >= 15 is 0 Å². The smallest absolute Gasteiger partial charge is 0.336 e. The monoisotopic (exact) mass is 226 g/mol. The van der Waals surface area contributed by atoms with Crippen molar-refractivity contribution in [2.75, 3.05) is 0 Å². The van der Waals surface area contributed by atoms with Gasteiger partial charge < -0.3 is 5.11 Å². The molecule has 0 radical (unpaired) electrons. The Kier molecular flexibility index (Phi) is 2.96. The summed E-state index contributed by atoms with van der Waals surface area (Å²) in [4.78, 5) is 11.2. The lowest BCUT2D eigenvalue weighted by atomic mass is 9.94. The zero-order valence-corrected chi connectivity index (χ0v) is 9.90. The molecule has 0 fully saturated rings. The van der Waals surface area contributed by atoms with Crippen LogP contribution in [0.1, 0.15) is 21.5 Å². The zero-order chi connectivity index (χ0) is 12.4. The molecule has 0 amide bonds. The van der Waals surface area contributed by atoms with Gasteiger partial charge in [0.2, 0.25) is 0 Å². The number of carboxylic acid groups (broad SMARTS) is 1. The second-order valence-electron chi connectivity index (χ2n) is 4.17. The van der Waals surface area contributed by atoms with E-state index in [0.717, 1.165) is 22.3 Å². The fourth-order valence-corrected chi connectivity index (χ4v) is 1.94. The van der Waals surface area contributed by atoms with Crippen LogP contribution in [0.5, 0.6) is 0 Å². The van der Waals surface area contributed by atoms with Gasteiger partial charge in [-0.15, -0.1) is 0 Å². The van der Waals surface area contributed by atoms with Gasteiger partial charge in [-0.3, -0.25) is 0 Å². The maximum absolute atomic E-state index is 11.2. The summed E-state index contributed by atoms with van der Waals surface area (Å²) in [5.41, 5.74) is 4.27. The average Bonchev–Trinajstić information content (AvgIpc) is 2.29. The van der Waals surface area contributed by atoms with Gasteiger partial charge in [0.25, 0.3) is 0 Å². The fourth-order valence-electron chi connectivity index (χ4n) is 1.94. The molecule has 1 N–H and O–H groups in total. The number of carbonyl (C=O) groups is 1. The van der Waals surface area contributed by atoms with Crippen molar-refractivity contribution in [1.82, 2.24) is 0 Å². The summed E-state index contributed by atoms with van der Waals surface area (Å²) in [7, 11) is 0. The molecule has 17 heavy (non-hydrogen) atoms. The van der Waals surface area contributed by atoms with E-state index in [-0.39, 0.29) is 0 Å². The first-order valence-corrected chi connectivity index (χ1v) is 5.49. The lowest BCUT2D eigenvalue weighted by molar-refractivity contribution is 0.0698. The highest BCUT2D eigenvalue weighted by atomic mass is 16.4. The molecule has 0 aliphatic heterocycles. The molecule has 0 aliphatic rings. The minimum absolute atomic E-state index is 0.352. The van der Waals surface area contributed by atoms with Gasteiger partial charge in [0.05, 0.1) is 5.56 Å². The van der Waals surface area contributed by atoms with E-state index in [4.69, 9.17) is 0 Å². The fraction of sp³-hybridized carbons (Fsp3) is 0.133. The molecular weight excluding hydrogens is 212 g/mol. The number of carboxylic acids is 1. The van der Waals surface area contributed by atoms with Gasteiger partial charge >= 0.3 is 5.97 Å². The van der Waals surface area contributed by atoms with Crippen LogP contribution < -0.4 is 0 Å². The first-order valence-electron chi connectivity index (χ1n) is 5.49. The van der Waals surface area contributed by atoms with Gasteiger partial charge in [0.1, 0.15) is 0 Å². The third-order valence-electron chi connectivity index (χ3n) is 2.84. The molecule has 2 aromatic carbocycles. The summed E-state index contributed by atoms with van der Waals surface area (Å²) >= 11 is 0. The third-order valence-corrected chi connectivity index (χ3v) is 2.84. The van der Waals surface area contributed by atoms with E-state index in [2.05, 4.69) is 0 Å². The van der Waals surface area contributed by atoms with Crippen LogP contribution in [0.2, 0.25) is 0 Å². The Labute approximate surface area is 101 Å². The molecule has 0 unspecified atom stereocenters. The van der Waals surface area contributed by atoms with E-state index in [1.54, 1.807) is 6.07 Å². The second kappa shape index (κ2) is 4.42. The number of hydrogen-bond donors (Lipinski definition) is 1. The predicted molar refractivity (Wildman–Crippen MR) is 68.3 cm³/mol. The molecule has 0 saturated carbocycles. The summed E-state index contributed by atoms with van der Waals surface area (Å²) in [5.74, 6) is -0.886. The van der Waals surface area contributed by atoms with E-state index in [9.17, 15) is 9.90 Å². The first-order chi connectivity index (χ1) is 8.09. The molecule has 0 heterocycles.